The van der Waals surface area contributed by atoms with Crippen LogP contribution in [0.1, 0.15) is 24.1 Å². The lowest BCUT2D eigenvalue weighted by atomic mass is 9.97. The number of carbonyl (C=O) groups is 1. The lowest BCUT2D eigenvalue weighted by molar-refractivity contribution is -0.125. The van der Waals surface area contributed by atoms with E-state index in [9.17, 15) is 9.59 Å². The summed E-state index contributed by atoms with van der Waals surface area (Å²) in [5.41, 5.74) is 2.36. The van der Waals surface area contributed by atoms with Crippen LogP contribution in [0.3, 0.4) is 0 Å². The molecule has 154 valence electrons. The zero-order valence-electron chi connectivity index (χ0n) is 16.6. The Kier molecular flexibility index (Phi) is 6.12. The Morgan fingerprint density at radius 2 is 2.03 bits per heavy atom. The van der Waals surface area contributed by atoms with Gasteiger partial charge in [0.25, 0.3) is 5.56 Å². The third-order valence-corrected chi connectivity index (χ3v) is 5.25. The van der Waals surface area contributed by atoms with Crippen LogP contribution in [0.5, 0.6) is 0 Å². The van der Waals surface area contributed by atoms with Crippen LogP contribution >= 0.6 is 0 Å². The molecule has 1 unspecified atom stereocenters. The molecule has 0 aliphatic carbocycles. The summed E-state index contributed by atoms with van der Waals surface area (Å²) < 4.78 is 1.45. The lowest BCUT2D eigenvalue weighted by Gasteiger charge is -2.33. The number of carbonyl (C=O) groups excluding carboxylic acids is 1. The molecule has 4 rings (SSSR count). The fourth-order valence-corrected chi connectivity index (χ4v) is 3.64. The van der Waals surface area contributed by atoms with Gasteiger partial charge in [-0.05, 0) is 18.4 Å². The third kappa shape index (κ3) is 4.89. The highest BCUT2D eigenvalue weighted by Crippen LogP contribution is 2.22. The largest absolute Gasteiger partial charge is 0.369 e. The van der Waals surface area contributed by atoms with Crippen molar-refractivity contribution in [3.05, 3.63) is 82.8 Å². The Balaban J connectivity index is 1.38. The number of hydrogen-bond acceptors (Lipinski definition) is 6. The monoisotopic (exact) mass is 404 g/mol. The molecule has 3 aromatic rings. The molecule has 1 N–H and O–H groups in total. The molecule has 1 atom stereocenters. The van der Waals surface area contributed by atoms with E-state index >= 15 is 0 Å². The predicted molar refractivity (Wildman–Crippen MR) is 113 cm³/mol. The Labute approximate surface area is 174 Å². The van der Waals surface area contributed by atoms with Gasteiger partial charge in [-0.25, -0.2) is 4.68 Å². The van der Waals surface area contributed by atoms with E-state index in [0.717, 1.165) is 36.3 Å². The molecule has 0 bridgehead atoms. The second-order valence-corrected chi connectivity index (χ2v) is 7.39. The quantitative estimate of drug-likeness (QED) is 0.671. The Morgan fingerprint density at radius 3 is 2.80 bits per heavy atom. The summed E-state index contributed by atoms with van der Waals surface area (Å²) in [7, 11) is 0. The second-order valence-electron chi connectivity index (χ2n) is 7.39. The van der Waals surface area contributed by atoms with Crippen molar-refractivity contribution < 1.29 is 4.79 Å². The zero-order valence-corrected chi connectivity index (χ0v) is 16.6. The summed E-state index contributed by atoms with van der Waals surface area (Å²) in [6, 6.07) is 11.4. The van der Waals surface area contributed by atoms with Gasteiger partial charge in [-0.15, -0.1) is 0 Å². The minimum atomic E-state index is -0.148. The number of rotatable bonds is 6. The van der Waals surface area contributed by atoms with Crippen molar-refractivity contribution in [3.63, 3.8) is 0 Å². The first-order valence-corrected chi connectivity index (χ1v) is 10.1. The molecule has 1 amide bonds. The standard InChI is InChI=1S/C22H24N6O2/c29-21-11-20(14-26-28(21)15-17-5-2-1-3-6-17)27-10-4-7-18(16-27)22(30)25-13-19-12-23-8-9-24-19/h1-3,5-6,8-9,11-12,14,18H,4,7,10,13,15-16H2,(H,25,30). The van der Waals surface area contributed by atoms with Gasteiger partial charge in [0.05, 0.1) is 42.8 Å². The minimum Gasteiger partial charge on any atom is -0.369 e. The molecular formula is C22H24N6O2. The molecule has 8 heteroatoms. The van der Waals surface area contributed by atoms with Crippen molar-refractivity contribution >= 4 is 11.6 Å². The summed E-state index contributed by atoms with van der Waals surface area (Å²) in [5.74, 6) is -0.141. The van der Waals surface area contributed by atoms with Crippen molar-refractivity contribution in [2.75, 3.05) is 18.0 Å². The Bertz CT molecular complexity index is 1040. The topological polar surface area (TPSA) is 93.0 Å². The van der Waals surface area contributed by atoms with Gasteiger partial charge in [-0.3, -0.25) is 19.6 Å². The molecule has 0 radical (unpaired) electrons. The lowest BCUT2D eigenvalue weighted by Crippen LogP contribution is -2.43. The third-order valence-electron chi connectivity index (χ3n) is 5.25. The number of aromatic nitrogens is 4. The first kappa shape index (κ1) is 19.8. The highest BCUT2D eigenvalue weighted by atomic mass is 16.2. The van der Waals surface area contributed by atoms with Crippen LogP contribution in [0.25, 0.3) is 0 Å². The van der Waals surface area contributed by atoms with E-state index in [4.69, 9.17) is 0 Å². The molecule has 1 aromatic carbocycles. The maximum absolute atomic E-state index is 12.6. The van der Waals surface area contributed by atoms with Crippen LogP contribution in [-0.2, 0) is 17.9 Å². The molecule has 30 heavy (non-hydrogen) atoms. The molecule has 3 heterocycles. The van der Waals surface area contributed by atoms with E-state index in [1.165, 1.54) is 4.68 Å². The normalized spacial score (nSPS) is 16.3. The van der Waals surface area contributed by atoms with Crippen LogP contribution in [-0.4, -0.2) is 38.7 Å². The van der Waals surface area contributed by atoms with Crippen LogP contribution in [0, 0.1) is 5.92 Å². The summed E-state index contributed by atoms with van der Waals surface area (Å²) in [6.07, 6.45) is 8.27. The van der Waals surface area contributed by atoms with Gasteiger partial charge in [0.15, 0.2) is 0 Å². The van der Waals surface area contributed by atoms with Crippen molar-refractivity contribution in [2.45, 2.75) is 25.9 Å². The van der Waals surface area contributed by atoms with Crippen molar-refractivity contribution in [3.8, 4) is 0 Å². The van der Waals surface area contributed by atoms with Gasteiger partial charge in [0.2, 0.25) is 5.91 Å². The molecule has 0 spiro atoms. The molecule has 0 saturated carbocycles. The molecule has 1 saturated heterocycles. The number of piperidine rings is 1. The molecule has 1 aliphatic rings. The number of nitrogens with zero attached hydrogens (tertiary/aromatic N) is 5. The number of amides is 1. The van der Waals surface area contributed by atoms with E-state index in [1.54, 1.807) is 30.9 Å². The van der Waals surface area contributed by atoms with Gasteiger partial charge < -0.3 is 10.2 Å². The maximum Gasteiger partial charge on any atom is 0.269 e. The fourth-order valence-electron chi connectivity index (χ4n) is 3.64. The minimum absolute atomic E-state index is 0.00395. The molecule has 1 aliphatic heterocycles. The Hall–Kier alpha value is -3.55. The number of nitrogens with one attached hydrogen (secondary N) is 1. The zero-order chi connectivity index (χ0) is 20.8. The highest BCUT2D eigenvalue weighted by Gasteiger charge is 2.26. The van der Waals surface area contributed by atoms with Crippen LogP contribution in [0.2, 0.25) is 0 Å². The van der Waals surface area contributed by atoms with Crippen molar-refractivity contribution in [1.29, 1.82) is 0 Å². The van der Waals surface area contributed by atoms with Crippen molar-refractivity contribution in [2.24, 2.45) is 5.92 Å². The SMILES string of the molecule is O=C(NCc1cnccn1)C1CCCN(c2cnn(Cc3ccccc3)c(=O)c2)C1. The van der Waals surface area contributed by atoms with E-state index in [-0.39, 0.29) is 17.4 Å². The maximum atomic E-state index is 12.6. The summed E-state index contributed by atoms with van der Waals surface area (Å²) in [5, 5.41) is 7.28. The first-order chi connectivity index (χ1) is 14.7. The van der Waals surface area contributed by atoms with Crippen LogP contribution in [0.4, 0.5) is 5.69 Å². The van der Waals surface area contributed by atoms with Gasteiger partial charge in [0.1, 0.15) is 0 Å². The smallest absolute Gasteiger partial charge is 0.269 e. The molecule has 2 aromatic heterocycles. The van der Waals surface area contributed by atoms with Gasteiger partial charge >= 0.3 is 0 Å². The van der Waals surface area contributed by atoms with Gasteiger partial charge in [-0.1, -0.05) is 30.3 Å². The summed E-state index contributed by atoms with van der Waals surface area (Å²) in [6.45, 7) is 2.17. The van der Waals surface area contributed by atoms with Crippen LogP contribution < -0.4 is 15.8 Å². The average molecular weight is 404 g/mol. The number of anilines is 1. The second kappa shape index (κ2) is 9.30. The van der Waals surface area contributed by atoms with Gasteiger partial charge in [0, 0.05) is 31.5 Å². The van der Waals surface area contributed by atoms with Crippen molar-refractivity contribution in [1.82, 2.24) is 25.1 Å². The number of benzene rings is 1. The van der Waals surface area contributed by atoms with E-state index in [2.05, 4.69) is 25.3 Å². The fraction of sp³-hybridized carbons (Fsp3) is 0.318. The highest BCUT2D eigenvalue weighted by molar-refractivity contribution is 5.79. The van der Waals surface area contributed by atoms with Crippen LogP contribution in [0.15, 0.2) is 66.0 Å². The summed E-state index contributed by atoms with van der Waals surface area (Å²) >= 11 is 0. The molecule has 1 fully saturated rings. The van der Waals surface area contributed by atoms with E-state index in [0.29, 0.717) is 19.6 Å². The van der Waals surface area contributed by atoms with E-state index in [1.807, 2.05) is 30.3 Å². The predicted octanol–water partition coefficient (Wildman–Crippen LogP) is 1.61. The molecular weight excluding hydrogens is 380 g/mol. The van der Waals surface area contributed by atoms with Gasteiger partial charge in [-0.2, -0.15) is 5.10 Å². The summed E-state index contributed by atoms with van der Waals surface area (Å²) in [4.78, 5) is 35.4. The Morgan fingerprint density at radius 1 is 1.17 bits per heavy atom. The first-order valence-electron chi connectivity index (χ1n) is 10.1. The molecule has 8 nitrogen and oxygen atoms in total. The number of hydrogen-bond donors (Lipinski definition) is 1. The van der Waals surface area contributed by atoms with E-state index < -0.39 is 0 Å². The average Bonchev–Trinajstić information content (AvgIpc) is 2.80.